The van der Waals surface area contributed by atoms with Gasteiger partial charge in [-0.15, -0.1) is 0 Å². The Morgan fingerprint density at radius 1 is 1.27 bits per heavy atom. The van der Waals surface area contributed by atoms with Gasteiger partial charge in [0.25, 0.3) is 0 Å². The molecule has 1 aromatic rings. The number of rotatable bonds is 10. The van der Waals surface area contributed by atoms with Crippen LogP contribution in [0.5, 0.6) is 0 Å². The highest BCUT2D eigenvalue weighted by atomic mass is 16.5. The molecular weight excluding hydrogens is 286 g/mol. The molecule has 0 saturated heterocycles. The van der Waals surface area contributed by atoms with Crippen LogP contribution in [-0.4, -0.2) is 36.9 Å². The molecule has 1 amide bonds. The van der Waals surface area contributed by atoms with E-state index in [0.717, 1.165) is 5.56 Å². The molecule has 6 nitrogen and oxygen atoms in total. The summed E-state index contributed by atoms with van der Waals surface area (Å²) in [6.45, 7) is 3.35. The maximum atomic E-state index is 11.6. The van der Waals surface area contributed by atoms with E-state index in [0.29, 0.717) is 26.2 Å². The Hall–Kier alpha value is -2.08. The molecule has 1 unspecified atom stereocenters. The Kier molecular flexibility index (Phi) is 8.67. The first-order valence-electron chi connectivity index (χ1n) is 7.36. The molecule has 2 N–H and O–H groups in total. The fourth-order valence-corrected chi connectivity index (χ4v) is 1.93. The van der Waals surface area contributed by atoms with E-state index in [1.54, 1.807) is 0 Å². The van der Waals surface area contributed by atoms with Crippen molar-refractivity contribution in [2.45, 2.75) is 26.4 Å². The summed E-state index contributed by atoms with van der Waals surface area (Å²) in [5.41, 5.74) is 0.915. The second kappa shape index (κ2) is 10.6. The molecular formula is C16H23NO5. The molecule has 0 radical (unpaired) electrons. The topological polar surface area (TPSA) is 84.9 Å². The minimum absolute atomic E-state index is 0.0285. The summed E-state index contributed by atoms with van der Waals surface area (Å²) in [6, 6.07) is 9.39. The summed E-state index contributed by atoms with van der Waals surface area (Å²) < 4.78 is 10.3. The first kappa shape index (κ1) is 18.0. The minimum atomic E-state index is -0.864. The summed E-state index contributed by atoms with van der Waals surface area (Å²) >= 11 is 0. The Morgan fingerprint density at radius 3 is 2.64 bits per heavy atom. The van der Waals surface area contributed by atoms with Crippen LogP contribution in [0.4, 0.5) is 4.79 Å². The molecule has 122 valence electrons. The van der Waals surface area contributed by atoms with Crippen LogP contribution in [0.1, 0.15) is 25.3 Å². The molecule has 0 bridgehead atoms. The summed E-state index contributed by atoms with van der Waals surface area (Å²) in [5.74, 6) is -0.983. The van der Waals surface area contributed by atoms with Crippen molar-refractivity contribution in [2.24, 2.45) is 5.92 Å². The summed E-state index contributed by atoms with van der Waals surface area (Å²) in [5, 5.41) is 11.5. The molecule has 0 spiro atoms. The maximum absolute atomic E-state index is 11.6. The number of carbonyl (C=O) groups excluding carboxylic acids is 1. The number of aliphatic carboxylic acids is 1. The van der Waals surface area contributed by atoms with Crippen molar-refractivity contribution in [3.8, 4) is 0 Å². The number of amides is 1. The molecule has 0 aliphatic carbocycles. The van der Waals surface area contributed by atoms with E-state index in [2.05, 4.69) is 5.32 Å². The predicted octanol–water partition coefficient (Wildman–Crippen LogP) is 2.43. The number of carbonyl (C=O) groups is 2. The Balaban J connectivity index is 2.22. The van der Waals surface area contributed by atoms with Gasteiger partial charge in [-0.2, -0.15) is 0 Å². The Morgan fingerprint density at radius 2 is 2.00 bits per heavy atom. The summed E-state index contributed by atoms with van der Waals surface area (Å²) in [4.78, 5) is 22.3. The van der Waals surface area contributed by atoms with Crippen molar-refractivity contribution in [3.63, 3.8) is 0 Å². The van der Waals surface area contributed by atoms with Crippen molar-refractivity contribution in [2.75, 3.05) is 19.8 Å². The number of nitrogens with one attached hydrogen (secondary N) is 1. The lowest BCUT2D eigenvalue weighted by molar-refractivity contribution is -0.138. The van der Waals surface area contributed by atoms with E-state index in [1.807, 2.05) is 37.3 Å². The van der Waals surface area contributed by atoms with Crippen LogP contribution in [0.2, 0.25) is 0 Å². The van der Waals surface area contributed by atoms with E-state index in [-0.39, 0.29) is 18.9 Å². The summed E-state index contributed by atoms with van der Waals surface area (Å²) in [6.07, 6.45) is 0.0577. The number of carboxylic acid groups (broad SMARTS) is 1. The van der Waals surface area contributed by atoms with E-state index in [4.69, 9.17) is 14.6 Å². The fourth-order valence-electron chi connectivity index (χ4n) is 1.93. The highest BCUT2D eigenvalue weighted by molar-refractivity contribution is 5.67. The fraction of sp³-hybridized carbons (Fsp3) is 0.500. The second-order valence-corrected chi connectivity index (χ2v) is 4.90. The quantitative estimate of drug-likeness (QED) is 0.693. The van der Waals surface area contributed by atoms with E-state index in [1.165, 1.54) is 0 Å². The SMILES string of the molecule is CCOCC(CCNC(=O)OCc1ccccc1)CC(=O)O. The highest BCUT2D eigenvalue weighted by Gasteiger charge is 2.14. The van der Waals surface area contributed by atoms with Crippen LogP contribution in [0.15, 0.2) is 30.3 Å². The lowest BCUT2D eigenvalue weighted by atomic mass is 10.0. The van der Waals surface area contributed by atoms with Crippen molar-refractivity contribution < 1.29 is 24.2 Å². The second-order valence-electron chi connectivity index (χ2n) is 4.90. The maximum Gasteiger partial charge on any atom is 0.407 e. The third-order valence-electron chi connectivity index (χ3n) is 3.06. The predicted molar refractivity (Wildman–Crippen MR) is 81.5 cm³/mol. The van der Waals surface area contributed by atoms with Gasteiger partial charge < -0.3 is 19.9 Å². The van der Waals surface area contributed by atoms with Gasteiger partial charge in [0.15, 0.2) is 0 Å². The standard InChI is InChI=1S/C16H23NO5/c1-2-21-11-14(10-15(18)19)8-9-17-16(20)22-12-13-6-4-3-5-7-13/h3-7,14H,2,8-12H2,1H3,(H,17,20)(H,18,19). The zero-order chi connectivity index (χ0) is 16.2. The molecule has 1 atom stereocenters. The van der Waals surface area contributed by atoms with Gasteiger partial charge in [-0.25, -0.2) is 4.79 Å². The van der Waals surface area contributed by atoms with Gasteiger partial charge in [-0.3, -0.25) is 4.79 Å². The number of ether oxygens (including phenoxy) is 2. The Bertz CT molecular complexity index is 449. The molecule has 22 heavy (non-hydrogen) atoms. The van der Waals surface area contributed by atoms with E-state index in [9.17, 15) is 9.59 Å². The molecule has 0 saturated carbocycles. The van der Waals surface area contributed by atoms with Crippen LogP contribution < -0.4 is 5.32 Å². The molecule has 1 aromatic carbocycles. The van der Waals surface area contributed by atoms with Gasteiger partial charge in [0, 0.05) is 19.8 Å². The van der Waals surface area contributed by atoms with Gasteiger partial charge in [-0.1, -0.05) is 30.3 Å². The minimum Gasteiger partial charge on any atom is -0.481 e. The van der Waals surface area contributed by atoms with Crippen molar-refractivity contribution in [1.29, 1.82) is 0 Å². The van der Waals surface area contributed by atoms with E-state index < -0.39 is 12.1 Å². The van der Waals surface area contributed by atoms with Crippen molar-refractivity contribution in [3.05, 3.63) is 35.9 Å². The van der Waals surface area contributed by atoms with Gasteiger partial charge in [0.05, 0.1) is 6.42 Å². The molecule has 0 aromatic heterocycles. The number of hydrogen-bond acceptors (Lipinski definition) is 4. The zero-order valence-corrected chi connectivity index (χ0v) is 12.8. The lowest BCUT2D eigenvalue weighted by Gasteiger charge is -2.15. The van der Waals surface area contributed by atoms with Gasteiger partial charge in [-0.05, 0) is 24.8 Å². The highest BCUT2D eigenvalue weighted by Crippen LogP contribution is 2.09. The Labute approximate surface area is 130 Å². The van der Waals surface area contributed by atoms with Gasteiger partial charge in [0.1, 0.15) is 6.61 Å². The first-order valence-corrected chi connectivity index (χ1v) is 7.36. The summed E-state index contributed by atoms with van der Waals surface area (Å²) in [7, 11) is 0. The van der Waals surface area contributed by atoms with Gasteiger partial charge >= 0.3 is 12.1 Å². The molecule has 0 aliphatic rings. The molecule has 0 fully saturated rings. The first-order chi connectivity index (χ1) is 10.6. The molecule has 1 rings (SSSR count). The number of hydrogen-bond donors (Lipinski definition) is 2. The average molecular weight is 309 g/mol. The average Bonchev–Trinajstić information content (AvgIpc) is 2.51. The number of alkyl carbamates (subject to hydrolysis) is 1. The van der Waals surface area contributed by atoms with Crippen LogP contribution >= 0.6 is 0 Å². The lowest BCUT2D eigenvalue weighted by Crippen LogP contribution is -2.28. The number of benzene rings is 1. The largest absolute Gasteiger partial charge is 0.481 e. The molecule has 6 heteroatoms. The molecule has 0 aliphatic heterocycles. The van der Waals surface area contributed by atoms with Crippen LogP contribution in [0.25, 0.3) is 0 Å². The van der Waals surface area contributed by atoms with Gasteiger partial charge in [0.2, 0.25) is 0 Å². The van der Waals surface area contributed by atoms with Crippen molar-refractivity contribution in [1.82, 2.24) is 5.32 Å². The van der Waals surface area contributed by atoms with Crippen LogP contribution in [0.3, 0.4) is 0 Å². The molecule has 0 heterocycles. The smallest absolute Gasteiger partial charge is 0.407 e. The normalized spacial score (nSPS) is 11.7. The zero-order valence-electron chi connectivity index (χ0n) is 12.8. The van der Waals surface area contributed by atoms with Crippen molar-refractivity contribution >= 4 is 12.1 Å². The van der Waals surface area contributed by atoms with Crippen LogP contribution in [-0.2, 0) is 20.9 Å². The number of carboxylic acids is 1. The van der Waals surface area contributed by atoms with Crippen LogP contribution in [0, 0.1) is 5.92 Å². The monoisotopic (exact) mass is 309 g/mol. The third-order valence-corrected chi connectivity index (χ3v) is 3.06. The van der Waals surface area contributed by atoms with E-state index >= 15 is 0 Å². The third kappa shape index (κ3) is 8.26.